The summed E-state index contributed by atoms with van der Waals surface area (Å²) in [5, 5.41) is 12.4. The molecule has 4 atom stereocenters. The van der Waals surface area contributed by atoms with Gasteiger partial charge in [-0.05, 0) is 18.2 Å². The Morgan fingerprint density at radius 2 is 1.90 bits per heavy atom. The molecule has 2 heterocycles. The zero-order valence-corrected chi connectivity index (χ0v) is 11.1. The van der Waals surface area contributed by atoms with Gasteiger partial charge in [0.05, 0.1) is 18.1 Å². The predicted molar refractivity (Wildman–Crippen MR) is 72.5 cm³/mol. The van der Waals surface area contributed by atoms with Crippen LogP contribution in [0.15, 0.2) is 36.4 Å². The lowest BCUT2D eigenvalue weighted by molar-refractivity contribution is -0.145. The van der Waals surface area contributed by atoms with Gasteiger partial charge >= 0.3 is 5.97 Å². The number of carboxylic acids is 1. The minimum Gasteiger partial charge on any atom is -0.481 e. The number of rotatable bonds is 3. The number of aliphatic carboxylic acids is 1. The van der Waals surface area contributed by atoms with Crippen LogP contribution in [-0.2, 0) is 14.3 Å². The van der Waals surface area contributed by atoms with Gasteiger partial charge in [-0.15, -0.1) is 0 Å². The Kier molecular flexibility index (Phi) is 3.23. The molecule has 2 N–H and O–H groups in total. The third kappa shape index (κ3) is 2.19. The number of benzene rings is 1. The van der Waals surface area contributed by atoms with E-state index >= 15 is 0 Å². The van der Waals surface area contributed by atoms with Crippen molar-refractivity contribution in [3.05, 3.63) is 41.4 Å². The van der Waals surface area contributed by atoms with Crippen molar-refractivity contribution in [3.8, 4) is 0 Å². The summed E-state index contributed by atoms with van der Waals surface area (Å²) in [6, 6.07) is 6.72. The van der Waals surface area contributed by atoms with Crippen molar-refractivity contribution in [3.63, 3.8) is 0 Å². The highest BCUT2D eigenvalue weighted by Crippen LogP contribution is 2.39. The van der Waals surface area contributed by atoms with Crippen LogP contribution < -0.4 is 5.32 Å². The topological polar surface area (TPSA) is 75.6 Å². The molecule has 1 amide bonds. The average Bonchev–Trinajstić information content (AvgIpc) is 2.98. The highest BCUT2D eigenvalue weighted by Gasteiger charge is 2.53. The van der Waals surface area contributed by atoms with Crippen molar-refractivity contribution in [2.75, 3.05) is 5.32 Å². The maximum absolute atomic E-state index is 12.3. The van der Waals surface area contributed by atoms with Gasteiger partial charge in [-0.2, -0.15) is 0 Å². The second-order valence-electron chi connectivity index (χ2n) is 4.84. The van der Waals surface area contributed by atoms with Crippen LogP contribution in [-0.4, -0.2) is 29.2 Å². The third-order valence-corrected chi connectivity index (χ3v) is 3.81. The first-order valence-corrected chi connectivity index (χ1v) is 6.57. The van der Waals surface area contributed by atoms with Crippen LogP contribution in [0, 0.1) is 11.8 Å². The maximum Gasteiger partial charge on any atom is 0.310 e. The largest absolute Gasteiger partial charge is 0.481 e. The number of carbonyl (C=O) groups is 2. The molecule has 2 aliphatic heterocycles. The van der Waals surface area contributed by atoms with E-state index in [4.69, 9.17) is 16.3 Å². The zero-order chi connectivity index (χ0) is 14.3. The number of carbonyl (C=O) groups excluding carboxylic acids is 1. The summed E-state index contributed by atoms with van der Waals surface area (Å²) in [4.78, 5) is 23.6. The predicted octanol–water partition coefficient (Wildman–Crippen LogP) is 1.93. The summed E-state index contributed by atoms with van der Waals surface area (Å²) in [6.07, 6.45) is 2.45. The number of hydrogen-bond donors (Lipinski definition) is 2. The van der Waals surface area contributed by atoms with Crippen LogP contribution in [0.25, 0.3) is 0 Å². The molecule has 1 fully saturated rings. The Hall–Kier alpha value is -1.85. The lowest BCUT2D eigenvalue weighted by Gasteiger charge is -2.21. The Bertz CT molecular complexity index is 601. The van der Waals surface area contributed by atoms with E-state index in [1.165, 1.54) is 0 Å². The van der Waals surface area contributed by atoms with Gasteiger partial charge in [0.15, 0.2) is 0 Å². The molecule has 1 aromatic rings. The van der Waals surface area contributed by atoms with Crippen LogP contribution in [0.3, 0.4) is 0 Å². The molecule has 0 radical (unpaired) electrons. The van der Waals surface area contributed by atoms with Crippen LogP contribution in [0.1, 0.15) is 0 Å². The van der Waals surface area contributed by atoms with Crippen LogP contribution >= 0.6 is 11.6 Å². The zero-order valence-electron chi connectivity index (χ0n) is 10.3. The summed E-state index contributed by atoms with van der Waals surface area (Å²) in [5.41, 5.74) is 0.540. The smallest absolute Gasteiger partial charge is 0.310 e. The van der Waals surface area contributed by atoms with Crippen LogP contribution in [0.2, 0.25) is 5.02 Å². The number of fused-ring (bicyclic) bond motifs is 2. The Morgan fingerprint density at radius 1 is 1.20 bits per heavy atom. The molecule has 104 valence electrons. The van der Waals surface area contributed by atoms with Crippen LogP contribution in [0.4, 0.5) is 5.69 Å². The molecule has 1 saturated heterocycles. The third-order valence-electron chi connectivity index (χ3n) is 3.58. The molecule has 2 bridgehead atoms. The molecule has 0 unspecified atom stereocenters. The minimum absolute atomic E-state index is 0.364. The van der Waals surface area contributed by atoms with Crippen molar-refractivity contribution in [2.24, 2.45) is 11.8 Å². The first-order valence-electron chi connectivity index (χ1n) is 6.19. The number of amides is 1. The summed E-state index contributed by atoms with van der Waals surface area (Å²) < 4.78 is 5.46. The molecular weight excluding hydrogens is 282 g/mol. The number of nitrogens with one attached hydrogen (secondary N) is 1. The van der Waals surface area contributed by atoms with Crippen LogP contribution in [0.5, 0.6) is 0 Å². The van der Waals surface area contributed by atoms with E-state index in [2.05, 4.69) is 5.32 Å². The average molecular weight is 294 g/mol. The fourth-order valence-corrected chi connectivity index (χ4v) is 2.90. The Labute approximate surface area is 120 Å². The Morgan fingerprint density at radius 3 is 2.55 bits per heavy atom. The standard InChI is InChI=1S/C14H12ClNO4/c15-7-2-1-3-8(6-7)16-13(17)11-9-4-5-10(20-9)12(11)14(18)19/h1-6,9-12H,(H,16,17)(H,18,19)/t9-,10+,11+,12-/m1/s1. The van der Waals surface area contributed by atoms with E-state index in [0.717, 1.165) is 0 Å². The van der Waals surface area contributed by atoms with Crippen molar-refractivity contribution < 1.29 is 19.4 Å². The molecule has 0 spiro atoms. The Balaban J connectivity index is 1.80. The number of ether oxygens (including phenoxy) is 1. The maximum atomic E-state index is 12.3. The lowest BCUT2D eigenvalue weighted by atomic mass is 9.82. The molecule has 1 aromatic carbocycles. The highest BCUT2D eigenvalue weighted by molar-refractivity contribution is 6.30. The number of hydrogen-bond acceptors (Lipinski definition) is 3. The summed E-state index contributed by atoms with van der Waals surface area (Å²) >= 11 is 5.85. The first kappa shape index (κ1) is 13.1. The van der Waals surface area contributed by atoms with Crippen molar-refractivity contribution in [2.45, 2.75) is 12.2 Å². The number of halogens is 1. The summed E-state index contributed by atoms with van der Waals surface area (Å²) in [6.45, 7) is 0. The van der Waals surface area contributed by atoms with Gasteiger partial charge in [0.25, 0.3) is 0 Å². The van der Waals surface area contributed by atoms with Gasteiger partial charge in [-0.1, -0.05) is 29.8 Å². The molecule has 0 aromatic heterocycles. The van der Waals surface area contributed by atoms with Gasteiger partial charge < -0.3 is 15.2 Å². The van der Waals surface area contributed by atoms with E-state index in [1.54, 1.807) is 36.4 Å². The molecule has 6 heteroatoms. The molecule has 5 nitrogen and oxygen atoms in total. The first-order chi connectivity index (χ1) is 9.56. The lowest BCUT2D eigenvalue weighted by Crippen LogP contribution is -2.39. The molecular formula is C14H12ClNO4. The second kappa shape index (κ2) is 4.92. The van der Waals surface area contributed by atoms with Gasteiger partial charge in [-0.3, -0.25) is 9.59 Å². The quantitative estimate of drug-likeness (QED) is 0.835. The van der Waals surface area contributed by atoms with E-state index in [9.17, 15) is 14.7 Å². The van der Waals surface area contributed by atoms with Gasteiger partial charge in [0.2, 0.25) is 5.91 Å². The molecule has 0 saturated carbocycles. The highest BCUT2D eigenvalue weighted by atomic mass is 35.5. The minimum atomic E-state index is -1.02. The number of carboxylic acid groups (broad SMARTS) is 1. The fourth-order valence-electron chi connectivity index (χ4n) is 2.71. The van der Waals surface area contributed by atoms with Gasteiger partial charge in [0, 0.05) is 10.7 Å². The van der Waals surface area contributed by atoms with Gasteiger partial charge in [-0.25, -0.2) is 0 Å². The molecule has 20 heavy (non-hydrogen) atoms. The fraction of sp³-hybridized carbons (Fsp3) is 0.286. The second-order valence-corrected chi connectivity index (χ2v) is 5.28. The molecule has 0 aliphatic carbocycles. The van der Waals surface area contributed by atoms with Crippen molar-refractivity contribution >= 4 is 29.2 Å². The van der Waals surface area contributed by atoms with Crippen molar-refractivity contribution in [1.29, 1.82) is 0 Å². The molecule has 3 rings (SSSR count). The van der Waals surface area contributed by atoms with Crippen molar-refractivity contribution in [1.82, 2.24) is 0 Å². The normalized spacial score (nSPS) is 30.4. The monoisotopic (exact) mass is 293 g/mol. The number of anilines is 1. The summed E-state index contributed by atoms with van der Waals surface area (Å²) in [5.74, 6) is -2.95. The molecule has 2 aliphatic rings. The van der Waals surface area contributed by atoms with E-state index in [-0.39, 0.29) is 5.91 Å². The van der Waals surface area contributed by atoms with E-state index in [0.29, 0.717) is 10.7 Å². The van der Waals surface area contributed by atoms with Gasteiger partial charge in [0.1, 0.15) is 5.92 Å². The summed E-state index contributed by atoms with van der Waals surface area (Å²) in [7, 11) is 0. The van der Waals surface area contributed by atoms with E-state index < -0.39 is 30.0 Å². The van der Waals surface area contributed by atoms with E-state index in [1.807, 2.05) is 0 Å². The SMILES string of the molecule is O=C(Nc1cccc(Cl)c1)[C@@H]1[C@H](C(=O)O)[C@@H]2C=C[C@H]1O2.